The van der Waals surface area contributed by atoms with E-state index in [1.54, 1.807) is 0 Å². The number of hydrogen-bond donors (Lipinski definition) is 0. The van der Waals surface area contributed by atoms with Crippen molar-refractivity contribution in [1.29, 1.82) is 0 Å². The second-order valence-corrected chi connectivity index (χ2v) is 18.1. The van der Waals surface area contributed by atoms with E-state index in [9.17, 15) is 0 Å². The molecule has 71 heavy (non-hydrogen) atoms. The third-order valence-corrected chi connectivity index (χ3v) is 14.1. The first-order valence-electron chi connectivity index (χ1n) is 23.8. The van der Waals surface area contributed by atoms with Crippen LogP contribution in [0.5, 0.6) is 11.5 Å². The molecule has 0 N–H and O–H groups in total. The number of hydrogen-bond acceptors (Lipinski definition) is 3. The molecule has 9 heteroatoms. The van der Waals surface area contributed by atoms with Crippen LogP contribution in [0.1, 0.15) is 5.56 Å². The Labute approximate surface area is 406 Å². The van der Waals surface area contributed by atoms with Gasteiger partial charge in [0, 0.05) is 45.6 Å². The third-order valence-electron chi connectivity index (χ3n) is 14.1. The summed E-state index contributed by atoms with van der Waals surface area (Å²) in [6.45, 7) is 2.11. The Bertz CT molecular complexity index is 4590. The highest BCUT2D eigenvalue weighted by Crippen LogP contribution is 2.38. The van der Waals surface area contributed by atoms with E-state index in [0.717, 1.165) is 106 Å². The van der Waals surface area contributed by atoms with E-state index < -0.39 is 0 Å². The van der Waals surface area contributed by atoms with Crippen molar-refractivity contribution in [1.82, 2.24) is 32.6 Å². The van der Waals surface area contributed by atoms with Gasteiger partial charge in [0.2, 0.25) is 5.78 Å². The molecule has 0 aliphatic carbocycles. The summed E-state index contributed by atoms with van der Waals surface area (Å²) in [5, 5.41) is 4.67. The van der Waals surface area contributed by atoms with E-state index in [0.29, 0.717) is 11.5 Å². The van der Waals surface area contributed by atoms with Crippen LogP contribution >= 0.6 is 0 Å². The molecule has 0 aliphatic rings. The van der Waals surface area contributed by atoms with Gasteiger partial charge < -0.3 is 13.9 Å². The summed E-state index contributed by atoms with van der Waals surface area (Å²) in [6, 6.07) is 76.4. The number of imidazole rings is 3. The lowest BCUT2D eigenvalue weighted by Crippen LogP contribution is -2.31. The Morgan fingerprint density at radius 2 is 1.08 bits per heavy atom. The molecule has 0 unspecified atom stereocenters. The SMILES string of the molecule is Cc1cccc2c1nc1n(-c3cc4c(cn3)c3ccccc3n4-c3ccccc3)c3cc(Oc4cccc(-n5[c-][n+](-c6ccccc6-n6c7ccccc7c7ccccc76)c6ccccc65)c4)ccc3n21. The first-order valence-corrected chi connectivity index (χ1v) is 23.8. The van der Waals surface area contributed by atoms with Crippen molar-refractivity contribution >= 4 is 82.5 Å². The van der Waals surface area contributed by atoms with Gasteiger partial charge in [0.15, 0.2) is 0 Å². The van der Waals surface area contributed by atoms with E-state index in [1.165, 1.54) is 10.8 Å². The summed E-state index contributed by atoms with van der Waals surface area (Å²) in [5.41, 5.74) is 15.7. The van der Waals surface area contributed by atoms with Crippen LogP contribution in [0.25, 0.3) is 111 Å². The van der Waals surface area contributed by atoms with Gasteiger partial charge in [-0.3, -0.25) is 18.1 Å². The molecule has 0 saturated carbocycles. The molecular formula is C62H40N8O. The molecular weight excluding hydrogens is 873 g/mol. The van der Waals surface area contributed by atoms with Gasteiger partial charge in [-0.05, 0) is 91.3 Å². The number of pyridine rings is 1. The molecule has 0 radical (unpaired) electrons. The minimum absolute atomic E-state index is 0.688. The summed E-state index contributed by atoms with van der Waals surface area (Å²) in [4.78, 5) is 10.5. The zero-order valence-electron chi connectivity index (χ0n) is 38.3. The normalized spacial score (nSPS) is 12.0. The molecule has 0 spiro atoms. The fraction of sp³-hybridized carbons (Fsp3) is 0.0161. The van der Waals surface area contributed by atoms with Crippen LogP contribution < -0.4 is 9.30 Å². The zero-order valence-corrected chi connectivity index (χ0v) is 38.3. The van der Waals surface area contributed by atoms with E-state index in [1.807, 2.05) is 24.4 Å². The predicted octanol–water partition coefficient (Wildman–Crippen LogP) is 14.1. The largest absolute Gasteiger partial charge is 0.458 e. The molecule has 0 bridgehead atoms. The number of nitrogens with zero attached hydrogens (tertiary/aromatic N) is 8. The highest BCUT2D eigenvalue weighted by molar-refractivity contribution is 6.10. The lowest BCUT2D eigenvalue weighted by Gasteiger charge is -2.14. The Kier molecular flexibility index (Phi) is 8.37. The average Bonchev–Trinajstić information content (AvgIpc) is 4.23. The summed E-state index contributed by atoms with van der Waals surface area (Å²) in [7, 11) is 0. The van der Waals surface area contributed by atoms with Gasteiger partial charge in [0.1, 0.15) is 17.3 Å². The Balaban J connectivity index is 0.863. The van der Waals surface area contributed by atoms with Crippen LogP contribution in [0, 0.1) is 13.3 Å². The van der Waals surface area contributed by atoms with Gasteiger partial charge in [0.05, 0.1) is 72.2 Å². The maximum Gasteiger partial charge on any atom is 0.269 e. The van der Waals surface area contributed by atoms with Gasteiger partial charge in [-0.25, -0.2) is 9.97 Å². The first kappa shape index (κ1) is 39.3. The van der Waals surface area contributed by atoms with Crippen molar-refractivity contribution in [3.63, 3.8) is 0 Å². The Morgan fingerprint density at radius 3 is 1.89 bits per heavy atom. The predicted molar refractivity (Wildman–Crippen MR) is 284 cm³/mol. The van der Waals surface area contributed by atoms with Crippen molar-refractivity contribution in [2.24, 2.45) is 0 Å². The van der Waals surface area contributed by atoms with Crippen LogP contribution in [-0.2, 0) is 0 Å². The van der Waals surface area contributed by atoms with Gasteiger partial charge in [0.25, 0.3) is 6.33 Å². The highest BCUT2D eigenvalue weighted by Gasteiger charge is 2.23. The van der Waals surface area contributed by atoms with Crippen molar-refractivity contribution in [3.05, 3.63) is 236 Å². The fourth-order valence-corrected chi connectivity index (χ4v) is 11.0. The van der Waals surface area contributed by atoms with E-state index >= 15 is 0 Å². The number of para-hydroxylation sites is 9. The maximum atomic E-state index is 6.85. The van der Waals surface area contributed by atoms with Crippen molar-refractivity contribution in [2.75, 3.05) is 0 Å². The smallest absolute Gasteiger partial charge is 0.269 e. The number of fused-ring (bicyclic) bond motifs is 12. The van der Waals surface area contributed by atoms with Gasteiger partial charge in [-0.1, -0.05) is 127 Å². The average molecular weight is 913 g/mol. The molecule has 0 atom stereocenters. The summed E-state index contributed by atoms with van der Waals surface area (Å²) >= 11 is 0. The number of ether oxygens (including phenoxy) is 1. The summed E-state index contributed by atoms with van der Waals surface area (Å²) in [5.74, 6) is 2.92. The molecule has 0 aliphatic heterocycles. The fourth-order valence-electron chi connectivity index (χ4n) is 11.0. The van der Waals surface area contributed by atoms with Crippen LogP contribution in [0.15, 0.2) is 225 Å². The highest BCUT2D eigenvalue weighted by atomic mass is 16.5. The quantitative estimate of drug-likeness (QED) is 0.118. The topological polar surface area (TPSA) is 63.0 Å². The summed E-state index contributed by atoms with van der Waals surface area (Å²) < 4.78 is 20.3. The molecule has 9 aromatic carbocycles. The lowest BCUT2D eigenvalue weighted by molar-refractivity contribution is -0.572. The second-order valence-electron chi connectivity index (χ2n) is 18.1. The first-order chi connectivity index (χ1) is 35.1. The lowest BCUT2D eigenvalue weighted by atomic mass is 10.2. The maximum absolute atomic E-state index is 6.85. The van der Waals surface area contributed by atoms with Crippen LogP contribution in [-0.4, -0.2) is 32.6 Å². The Morgan fingerprint density at radius 1 is 0.451 bits per heavy atom. The number of rotatable bonds is 7. The zero-order chi connectivity index (χ0) is 46.7. The molecule has 6 heterocycles. The van der Waals surface area contributed by atoms with E-state index in [-0.39, 0.29) is 0 Å². The summed E-state index contributed by atoms with van der Waals surface area (Å²) in [6.07, 6.45) is 5.77. The standard InChI is InChI=1S/C62H40N8O/c1-40-17-15-32-57-61(40)64-62-69(57)56-34-33-44(36-59(56)70(62)60-37-58-48(38-63-60)47-24-7-8-25-49(47)67(58)41-18-3-2-4-19-41)71-43-21-16-20-42(35-43)65-39-66(53-29-12-11-28-52(53)65)54-30-13-14-31-55(54)68-50-26-9-5-22-45(50)46-23-6-10-27-51(46)68/h2-38H,1H3. The van der Waals surface area contributed by atoms with E-state index in [2.05, 4.69) is 241 Å². The molecule has 15 rings (SSSR count). The van der Waals surface area contributed by atoms with Crippen LogP contribution in [0.3, 0.4) is 0 Å². The monoisotopic (exact) mass is 912 g/mol. The number of benzene rings is 9. The minimum atomic E-state index is 0.688. The third kappa shape index (κ3) is 5.84. The van der Waals surface area contributed by atoms with E-state index in [4.69, 9.17) is 14.7 Å². The number of aromatic nitrogens is 8. The van der Waals surface area contributed by atoms with Crippen LogP contribution in [0.4, 0.5) is 0 Å². The van der Waals surface area contributed by atoms with Crippen molar-refractivity contribution in [3.8, 4) is 40.1 Å². The van der Waals surface area contributed by atoms with Gasteiger partial charge in [-0.2, -0.15) is 0 Å². The molecule has 0 fully saturated rings. The van der Waals surface area contributed by atoms with Crippen LogP contribution in [0.2, 0.25) is 0 Å². The van der Waals surface area contributed by atoms with Gasteiger partial charge >= 0.3 is 0 Å². The molecule has 0 saturated heterocycles. The van der Waals surface area contributed by atoms with Crippen molar-refractivity contribution in [2.45, 2.75) is 6.92 Å². The molecule has 9 nitrogen and oxygen atoms in total. The van der Waals surface area contributed by atoms with Gasteiger partial charge in [-0.15, -0.1) is 0 Å². The number of aryl methyl sites for hydroxylation is 1. The second kappa shape index (κ2) is 15.1. The van der Waals surface area contributed by atoms with Crippen molar-refractivity contribution < 1.29 is 9.30 Å². The molecule has 334 valence electrons. The molecule has 6 aromatic heterocycles. The Hall–Kier alpha value is -9.73. The molecule has 0 amide bonds. The minimum Gasteiger partial charge on any atom is -0.458 e. The molecule has 15 aromatic rings.